The molecule has 481 valence electrons. The van der Waals surface area contributed by atoms with Crippen molar-refractivity contribution in [2.45, 2.75) is 215 Å². The molecule has 5 unspecified atom stereocenters. The van der Waals surface area contributed by atoms with Gasteiger partial charge < -0.3 is 70.1 Å². The van der Waals surface area contributed by atoms with Gasteiger partial charge in [0.15, 0.2) is 12.0 Å². The maximum absolute atomic E-state index is 13.1. The fourth-order valence-electron chi connectivity index (χ4n) is 6.37. The van der Waals surface area contributed by atoms with Crippen molar-refractivity contribution >= 4 is 58.6 Å². The third kappa shape index (κ3) is 45.2. The number of carbonyl (C=O) groups excluding carboxylic acids is 6. The fourth-order valence-corrected chi connectivity index (χ4v) is 7.34. The van der Waals surface area contributed by atoms with Gasteiger partial charge in [-0.05, 0) is 135 Å². The molecule has 0 saturated carbocycles. The number of aliphatic hydroxyl groups is 3. The molecule has 4 fully saturated rings. The Morgan fingerprint density at radius 1 is 0.639 bits per heavy atom. The van der Waals surface area contributed by atoms with Gasteiger partial charge in [0.1, 0.15) is 40.5 Å². The van der Waals surface area contributed by atoms with Gasteiger partial charge in [0, 0.05) is 86.5 Å². The second-order valence-corrected chi connectivity index (χ2v) is 28.1. The molecule has 5 heterocycles. The minimum absolute atomic E-state index is 0. The van der Waals surface area contributed by atoms with Gasteiger partial charge in [0.2, 0.25) is 8.32 Å². The summed E-state index contributed by atoms with van der Waals surface area (Å²) >= 11 is 0. The Morgan fingerprint density at radius 3 is 1.31 bits per heavy atom. The van der Waals surface area contributed by atoms with E-state index in [1.807, 2.05) is 47.6 Å². The number of ketones is 2. The van der Waals surface area contributed by atoms with E-state index in [9.17, 15) is 55.1 Å². The Kier molecular flexibility index (Phi) is 42.9. The van der Waals surface area contributed by atoms with Gasteiger partial charge in [-0.1, -0.05) is 7.43 Å². The molecule has 4 saturated heterocycles. The molecule has 83 heavy (non-hydrogen) atoms. The van der Waals surface area contributed by atoms with E-state index >= 15 is 0 Å². The summed E-state index contributed by atoms with van der Waals surface area (Å²) in [5.41, 5.74) is -2.06. The number of alkyl halides is 6. The van der Waals surface area contributed by atoms with Gasteiger partial charge in [-0.2, -0.15) is 13.2 Å². The molecule has 5 aliphatic heterocycles. The third-order valence-electron chi connectivity index (χ3n) is 10.0. The fraction of sp³-hybridized carbons (Fsp3) is 0.830. The molecular formula is C53H98BF6N5NaO16Si. The number of nitrogens with one attached hydrogen (secondary N) is 1. The smallest absolute Gasteiger partial charge is 1.00 e. The zero-order valence-electron chi connectivity index (χ0n) is 52.3. The van der Waals surface area contributed by atoms with Crippen LogP contribution in [0.1, 0.15) is 137 Å². The Hall–Kier alpha value is -3.87. The van der Waals surface area contributed by atoms with Crippen LogP contribution in [-0.4, -0.2) is 230 Å². The molecular weight excluding hydrogens is 1140 g/mol. The van der Waals surface area contributed by atoms with Crippen LogP contribution < -0.4 is 34.9 Å². The van der Waals surface area contributed by atoms with Gasteiger partial charge in [0.05, 0.1) is 31.1 Å². The number of aliphatic carboxylic acids is 1. The maximum Gasteiger partial charge on any atom is 1.00 e. The van der Waals surface area contributed by atoms with E-state index in [2.05, 4.69) is 25.0 Å². The van der Waals surface area contributed by atoms with E-state index in [-0.39, 0.29) is 104 Å². The third-order valence-corrected chi connectivity index (χ3v) is 10.9. The summed E-state index contributed by atoms with van der Waals surface area (Å²) < 4.78 is 96.8. The normalized spacial score (nSPS) is 20.9. The zero-order chi connectivity index (χ0) is 62.8. The van der Waals surface area contributed by atoms with Crippen LogP contribution in [0, 0.1) is 0 Å². The standard InChI is InChI=1S/C13H25NO3Si.C10H18FNO3.C10H16FNO3.C10H17NO3.C5H10FNO.C2HF3O2.C2H6O.CH4.B.Na.H/c1-13(2,3)16-12(15)14-9-7-11(8-10-14)17-18(4,5)6;2*1-10(2,3)15-9(14)12-5-4-8(13)7(11)6-12;1-10(2,3)14-9(13)11-6-4-8(12)5-7-11;6-4-3-7-2-1-5(4)8;3-2(4,5)1(6)7;1-2-3;;;;/h7H,8-10H2,1-6H3;7-8,13H,4-6H2,1-3H3;7H,4-6H2,1-3H3;4-7H2,1-3H3;4-5,7-8H,1-3H2;(H,6,7);3H,2H2,1H3;1H4;;;/q;;;;;;;;;+1;-1. The minimum atomic E-state index is -5.08. The van der Waals surface area contributed by atoms with Crippen LogP contribution in [0.25, 0.3) is 0 Å². The van der Waals surface area contributed by atoms with Crippen molar-refractivity contribution < 1.29 is 135 Å². The molecule has 3 radical (unpaired) electrons. The van der Waals surface area contributed by atoms with Crippen LogP contribution in [0.3, 0.4) is 0 Å². The van der Waals surface area contributed by atoms with Gasteiger partial charge in [-0.3, -0.25) is 9.59 Å². The first kappa shape index (κ1) is 87.9. The second kappa shape index (κ2) is 40.5. The number of nitrogens with zero attached hydrogens (tertiary/aromatic N) is 4. The summed E-state index contributed by atoms with van der Waals surface area (Å²) in [5, 5.41) is 35.4. The van der Waals surface area contributed by atoms with E-state index in [4.69, 9.17) is 48.6 Å². The molecule has 5 aliphatic rings. The molecule has 5 rings (SSSR count). The minimum Gasteiger partial charge on any atom is -1.00 e. The van der Waals surface area contributed by atoms with Crippen molar-refractivity contribution in [3.8, 4) is 0 Å². The monoisotopic (exact) mass is 1240 g/mol. The van der Waals surface area contributed by atoms with Crippen molar-refractivity contribution in [2.75, 3.05) is 72.1 Å². The Morgan fingerprint density at radius 2 is 1.00 bits per heavy atom. The molecule has 5 atom stereocenters. The first-order valence-corrected chi connectivity index (χ1v) is 29.9. The molecule has 0 aromatic heterocycles. The number of Topliss-reactive ketones (excluding diaryl/α,β-unsaturated/α-hetero) is 2. The van der Waals surface area contributed by atoms with E-state index in [0.717, 1.165) is 18.7 Å². The number of carboxylic acids is 1. The molecule has 21 nitrogen and oxygen atoms in total. The van der Waals surface area contributed by atoms with Crippen LogP contribution in [0.15, 0.2) is 11.8 Å². The Labute approximate surface area is 514 Å². The molecule has 0 bridgehead atoms. The van der Waals surface area contributed by atoms with Crippen LogP contribution >= 0.6 is 0 Å². The van der Waals surface area contributed by atoms with Crippen LogP contribution in [0.5, 0.6) is 0 Å². The summed E-state index contributed by atoms with van der Waals surface area (Å²) in [6.45, 7) is 33.7. The number of ether oxygens (including phenoxy) is 4. The van der Waals surface area contributed by atoms with Crippen LogP contribution in [-0.2, 0) is 37.8 Å². The van der Waals surface area contributed by atoms with Crippen molar-refractivity contribution in [1.82, 2.24) is 24.9 Å². The number of hydrogen-bond donors (Lipinski definition) is 5. The number of amides is 4. The van der Waals surface area contributed by atoms with Crippen LogP contribution in [0.2, 0.25) is 19.6 Å². The number of carboxylic acid groups (broad SMARTS) is 1. The summed E-state index contributed by atoms with van der Waals surface area (Å²) in [7, 11) is -1.54. The molecule has 0 spiro atoms. The van der Waals surface area contributed by atoms with Crippen molar-refractivity contribution in [2.24, 2.45) is 0 Å². The van der Waals surface area contributed by atoms with E-state index < -0.39 is 91.6 Å². The molecule has 30 heteroatoms. The predicted molar refractivity (Wildman–Crippen MR) is 301 cm³/mol. The topological polar surface area (TPSA) is 272 Å². The number of aliphatic hydroxyl groups excluding tert-OH is 3. The average molecular weight is 1240 g/mol. The SMILES string of the molecule is C.CC(C)(C)OC(=O)N1CC=C(O[Si](C)(C)C)CC1.CC(C)(C)OC(=O)N1CCC(=O)C(F)C1.CC(C)(C)OC(=O)N1CCC(=O)CC1.CC(C)(C)OC(=O)N1CCC(O)C(F)C1.CCO.O=C(O)C(F)(F)F.OC1CCNCC1F.[B].[H-].[Na+]. The predicted octanol–water partition coefficient (Wildman–Crippen LogP) is 5.49. The van der Waals surface area contributed by atoms with E-state index in [1.165, 1.54) is 9.80 Å². The summed E-state index contributed by atoms with van der Waals surface area (Å²) in [4.78, 5) is 82.9. The molecule has 5 N–H and O–H groups in total. The number of likely N-dealkylation sites (tertiary alicyclic amines) is 3. The zero-order valence-corrected chi connectivity index (χ0v) is 54.3. The molecule has 4 amide bonds. The van der Waals surface area contributed by atoms with Crippen molar-refractivity contribution in [3.63, 3.8) is 0 Å². The van der Waals surface area contributed by atoms with Crippen LogP contribution in [0.4, 0.5) is 45.5 Å². The number of rotatable bonds is 2. The summed E-state index contributed by atoms with van der Waals surface area (Å²) in [5.74, 6) is -1.94. The number of carbonyl (C=O) groups is 7. The maximum atomic E-state index is 13.1. The first-order chi connectivity index (χ1) is 36.2. The Bertz CT molecular complexity index is 1960. The van der Waals surface area contributed by atoms with Crippen molar-refractivity contribution in [3.05, 3.63) is 11.8 Å². The van der Waals surface area contributed by atoms with Gasteiger partial charge in [-0.25, -0.2) is 37.1 Å². The summed E-state index contributed by atoms with van der Waals surface area (Å²) in [6.07, 6.45) is -7.82. The van der Waals surface area contributed by atoms with E-state index in [0.29, 0.717) is 58.5 Å². The molecule has 0 aliphatic carbocycles. The Balaban J connectivity index is -0.000000218. The molecule has 0 aromatic carbocycles. The van der Waals surface area contributed by atoms with Gasteiger partial charge >= 0.3 is 66.1 Å². The summed E-state index contributed by atoms with van der Waals surface area (Å²) in [6, 6.07) is 0. The largest absolute Gasteiger partial charge is 1.00 e. The van der Waals surface area contributed by atoms with Crippen molar-refractivity contribution in [1.29, 1.82) is 0 Å². The van der Waals surface area contributed by atoms with E-state index in [1.54, 1.807) is 58.3 Å². The quantitative estimate of drug-likeness (QED) is 0.130. The molecule has 0 aromatic rings. The number of hydrogen-bond acceptors (Lipinski definition) is 16. The number of halogens is 6. The van der Waals surface area contributed by atoms with Gasteiger partial charge in [0.25, 0.3) is 0 Å². The van der Waals surface area contributed by atoms with Gasteiger partial charge in [-0.15, -0.1) is 0 Å². The number of piperidine rings is 4. The first-order valence-electron chi connectivity index (χ1n) is 26.4. The second-order valence-electron chi connectivity index (χ2n) is 23.7. The average Bonchev–Trinajstić information content (AvgIpc) is 3.28.